The average molecular weight is 297 g/mol. The summed E-state index contributed by atoms with van der Waals surface area (Å²) in [6.07, 6.45) is 0.670. The van der Waals surface area contributed by atoms with Crippen molar-refractivity contribution in [3.8, 4) is 0 Å². The van der Waals surface area contributed by atoms with Gasteiger partial charge in [0.2, 0.25) is 5.91 Å². The predicted molar refractivity (Wildman–Crippen MR) is 75.9 cm³/mol. The van der Waals surface area contributed by atoms with E-state index in [1.165, 1.54) is 0 Å². The highest BCUT2D eigenvalue weighted by molar-refractivity contribution is 5.84. The van der Waals surface area contributed by atoms with Crippen molar-refractivity contribution in [1.82, 2.24) is 14.7 Å². The molecule has 0 aromatic heterocycles. The van der Waals surface area contributed by atoms with E-state index < -0.39 is 0 Å². The van der Waals surface area contributed by atoms with Gasteiger partial charge in [0.15, 0.2) is 0 Å². The average Bonchev–Trinajstić information content (AvgIpc) is 2.49. The first kappa shape index (κ1) is 15.8. The van der Waals surface area contributed by atoms with Crippen LogP contribution < -0.4 is 0 Å². The van der Waals surface area contributed by atoms with Gasteiger partial charge in [-0.2, -0.15) is 0 Å². The molecule has 2 rings (SSSR count). The van der Waals surface area contributed by atoms with Gasteiger partial charge in [-0.15, -0.1) is 0 Å². The second-order valence-corrected chi connectivity index (χ2v) is 5.38. The van der Waals surface area contributed by atoms with Crippen LogP contribution in [0.4, 0.5) is 4.79 Å². The number of nitrogens with zero attached hydrogens (tertiary/aromatic N) is 3. The molecule has 0 aromatic rings. The van der Waals surface area contributed by atoms with E-state index in [4.69, 9.17) is 4.74 Å². The molecule has 2 aliphatic heterocycles. The standard InChI is InChI=1S/C14H23N3O4/c1-2-21-14(20)17-9-7-15(8-10-17)11-13(19)16-5-3-12(18)4-6-16/h2-11H2,1H3. The van der Waals surface area contributed by atoms with E-state index in [9.17, 15) is 14.4 Å². The zero-order chi connectivity index (χ0) is 15.2. The fraction of sp³-hybridized carbons (Fsp3) is 0.786. The van der Waals surface area contributed by atoms with E-state index in [0.717, 1.165) is 0 Å². The van der Waals surface area contributed by atoms with Gasteiger partial charge in [0.25, 0.3) is 0 Å². The molecule has 0 bridgehead atoms. The van der Waals surface area contributed by atoms with Crippen LogP contribution in [0.15, 0.2) is 0 Å². The van der Waals surface area contributed by atoms with Crippen LogP contribution in [0.2, 0.25) is 0 Å². The zero-order valence-corrected chi connectivity index (χ0v) is 12.5. The van der Waals surface area contributed by atoms with E-state index in [0.29, 0.717) is 65.3 Å². The summed E-state index contributed by atoms with van der Waals surface area (Å²) in [4.78, 5) is 40.4. The predicted octanol–water partition coefficient (Wildman–Crippen LogP) is -0.0480. The fourth-order valence-corrected chi connectivity index (χ4v) is 2.60. The number of hydrogen-bond donors (Lipinski definition) is 0. The molecule has 0 saturated carbocycles. The van der Waals surface area contributed by atoms with Crippen LogP contribution in [0.25, 0.3) is 0 Å². The lowest BCUT2D eigenvalue weighted by Gasteiger charge is -2.35. The van der Waals surface area contributed by atoms with Gasteiger partial charge >= 0.3 is 6.09 Å². The first-order valence-electron chi connectivity index (χ1n) is 7.53. The number of carbonyl (C=O) groups excluding carboxylic acids is 3. The minimum atomic E-state index is -0.280. The number of piperidine rings is 1. The number of rotatable bonds is 3. The number of ketones is 1. The Morgan fingerprint density at radius 2 is 1.62 bits per heavy atom. The monoisotopic (exact) mass is 297 g/mol. The van der Waals surface area contributed by atoms with Crippen molar-refractivity contribution in [3.63, 3.8) is 0 Å². The van der Waals surface area contributed by atoms with E-state index in [-0.39, 0.29) is 17.8 Å². The lowest BCUT2D eigenvalue weighted by Crippen LogP contribution is -2.52. The third-order valence-corrected chi connectivity index (χ3v) is 3.93. The number of carbonyl (C=O) groups is 3. The molecule has 0 radical (unpaired) electrons. The van der Waals surface area contributed by atoms with E-state index >= 15 is 0 Å². The van der Waals surface area contributed by atoms with E-state index in [1.807, 2.05) is 0 Å². The second-order valence-electron chi connectivity index (χ2n) is 5.38. The van der Waals surface area contributed by atoms with Crippen molar-refractivity contribution < 1.29 is 19.1 Å². The van der Waals surface area contributed by atoms with Crippen LogP contribution in [0.5, 0.6) is 0 Å². The molecule has 7 nitrogen and oxygen atoms in total. The van der Waals surface area contributed by atoms with Gasteiger partial charge < -0.3 is 14.5 Å². The Bertz CT molecular complexity index is 395. The molecule has 2 saturated heterocycles. The van der Waals surface area contributed by atoms with Crippen LogP contribution in [-0.4, -0.2) is 84.9 Å². The Morgan fingerprint density at radius 3 is 2.19 bits per heavy atom. The van der Waals surface area contributed by atoms with Crippen LogP contribution in [0.1, 0.15) is 19.8 Å². The Hall–Kier alpha value is -1.63. The van der Waals surface area contributed by atoms with Gasteiger partial charge in [-0.1, -0.05) is 0 Å². The molecule has 118 valence electrons. The zero-order valence-electron chi connectivity index (χ0n) is 12.5. The summed E-state index contributed by atoms with van der Waals surface area (Å²) in [6, 6.07) is 0. The fourth-order valence-electron chi connectivity index (χ4n) is 2.60. The van der Waals surface area contributed by atoms with Crippen molar-refractivity contribution in [2.75, 3.05) is 52.4 Å². The molecule has 2 amide bonds. The molecule has 2 heterocycles. The quantitative estimate of drug-likeness (QED) is 0.730. The summed E-state index contributed by atoms with van der Waals surface area (Å²) in [5, 5.41) is 0. The highest BCUT2D eigenvalue weighted by Gasteiger charge is 2.26. The van der Waals surface area contributed by atoms with E-state index in [1.54, 1.807) is 16.7 Å². The molecule has 7 heteroatoms. The summed E-state index contributed by atoms with van der Waals surface area (Å²) in [5.41, 5.74) is 0. The Balaban J connectivity index is 1.72. The normalized spacial score (nSPS) is 20.5. The highest BCUT2D eigenvalue weighted by atomic mass is 16.6. The van der Waals surface area contributed by atoms with E-state index in [2.05, 4.69) is 4.90 Å². The number of ether oxygens (including phenoxy) is 1. The molecule has 0 aromatic carbocycles. The molecule has 2 fully saturated rings. The van der Waals surface area contributed by atoms with Crippen LogP contribution >= 0.6 is 0 Å². The van der Waals surface area contributed by atoms with Gasteiger partial charge in [0.1, 0.15) is 5.78 Å². The maximum Gasteiger partial charge on any atom is 0.409 e. The molecule has 0 unspecified atom stereocenters. The SMILES string of the molecule is CCOC(=O)N1CCN(CC(=O)N2CCC(=O)CC2)CC1. The second kappa shape index (κ2) is 7.40. The van der Waals surface area contributed by atoms with Crippen molar-refractivity contribution in [3.05, 3.63) is 0 Å². The molecule has 2 aliphatic rings. The Morgan fingerprint density at radius 1 is 1.00 bits per heavy atom. The van der Waals surface area contributed by atoms with Crippen molar-refractivity contribution in [2.45, 2.75) is 19.8 Å². The van der Waals surface area contributed by atoms with Gasteiger partial charge in [-0.3, -0.25) is 14.5 Å². The maximum absolute atomic E-state index is 12.2. The minimum absolute atomic E-state index is 0.0760. The number of hydrogen-bond acceptors (Lipinski definition) is 5. The van der Waals surface area contributed by atoms with Crippen molar-refractivity contribution >= 4 is 17.8 Å². The van der Waals surface area contributed by atoms with Crippen molar-refractivity contribution in [2.24, 2.45) is 0 Å². The number of Topliss-reactive ketones (excluding diaryl/α,β-unsaturated/α-hetero) is 1. The van der Waals surface area contributed by atoms with Crippen molar-refractivity contribution in [1.29, 1.82) is 0 Å². The molecule has 0 aliphatic carbocycles. The Labute approximate surface area is 124 Å². The smallest absolute Gasteiger partial charge is 0.409 e. The van der Waals surface area contributed by atoms with Gasteiger partial charge in [-0.25, -0.2) is 4.79 Å². The largest absolute Gasteiger partial charge is 0.450 e. The first-order valence-corrected chi connectivity index (χ1v) is 7.53. The molecule has 21 heavy (non-hydrogen) atoms. The molecule has 0 spiro atoms. The maximum atomic E-state index is 12.2. The summed E-state index contributed by atoms with van der Waals surface area (Å²) in [5.74, 6) is 0.314. The number of amides is 2. The lowest BCUT2D eigenvalue weighted by atomic mass is 10.1. The summed E-state index contributed by atoms with van der Waals surface area (Å²) in [6.45, 7) is 6.15. The topological polar surface area (TPSA) is 70.2 Å². The van der Waals surface area contributed by atoms with Gasteiger partial charge in [0.05, 0.1) is 13.2 Å². The van der Waals surface area contributed by atoms with Crippen LogP contribution in [-0.2, 0) is 14.3 Å². The third-order valence-electron chi connectivity index (χ3n) is 3.93. The summed E-state index contributed by atoms with van der Waals surface area (Å²) < 4.78 is 4.96. The van der Waals surface area contributed by atoms with Gasteiger partial charge in [-0.05, 0) is 6.92 Å². The Kier molecular flexibility index (Phi) is 5.55. The number of likely N-dealkylation sites (tertiary alicyclic amines) is 1. The molecular formula is C14H23N3O4. The molecule has 0 N–H and O–H groups in total. The molecule has 0 atom stereocenters. The van der Waals surface area contributed by atoms with Crippen LogP contribution in [0, 0.1) is 0 Å². The summed E-state index contributed by atoms with van der Waals surface area (Å²) in [7, 11) is 0. The van der Waals surface area contributed by atoms with Gasteiger partial charge in [0, 0.05) is 52.1 Å². The minimum Gasteiger partial charge on any atom is -0.450 e. The van der Waals surface area contributed by atoms with Crippen LogP contribution in [0.3, 0.4) is 0 Å². The first-order chi connectivity index (χ1) is 10.1. The third kappa shape index (κ3) is 4.42. The lowest BCUT2D eigenvalue weighted by molar-refractivity contribution is -0.135. The molecular weight excluding hydrogens is 274 g/mol. The highest BCUT2D eigenvalue weighted by Crippen LogP contribution is 2.08. The summed E-state index contributed by atoms with van der Waals surface area (Å²) >= 11 is 0. The number of piperazine rings is 1.